The van der Waals surface area contributed by atoms with Crippen LogP contribution >= 0.6 is 0 Å². The van der Waals surface area contributed by atoms with Crippen molar-refractivity contribution in [2.24, 2.45) is 0 Å². The minimum absolute atomic E-state index is 0.176. The fraction of sp³-hybridized carbons (Fsp3) is 0.222. The molecule has 29 heavy (non-hydrogen) atoms. The molecular weight excluding hydrogens is 386 g/mol. The van der Waals surface area contributed by atoms with E-state index in [1.807, 2.05) is 0 Å². The summed E-state index contributed by atoms with van der Waals surface area (Å²) in [4.78, 5) is 43.6. The number of hydrogen-bond acceptors (Lipinski definition) is 8. The number of amides is 1. The van der Waals surface area contributed by atoms with Crippen LogP contribution in [0.2, 0.25) is 0 Å². The molecule has 1 amide bonds. The maximum atomic E-state index is 12.1. The normalized spacial score (nSPS) is 10.1. The Morgan fingerprint density at radius 2 is 1.55 bits per heavy atom. The summed E-state index contributed by atoms with van der Waals surface area (Å²) >= 11 is 0. The van der Waals surface area contributed by atoms with E-state index in [2.05, 4.69) is 10.1 Å². The van der Waals surface area contributed by atoms with Crippen LogP contribution in [0.1, 0.15) is 27.1 Å². The summed E-state index contributed by atoms with van der Waals surface area (Å²) < 4.78 is 10.1. The minimum Gasteiger partial charge on any atom is -0.494 e. The number of nitro benzene ring substituents is 2. The molecule has 0 saturated heterocycles. The van der Waals surface area contributed by atoms with Crippen molar-refractivity contribution in [1.29, 1.82) is 0 Å². The summed E-state index contributed by atoms with van der Waals surface area (Å²) in [6.45, 7) is 0.447. The zero-order valence-electron chi connectivity index (χ0n) is 15.3. The highest BCUT2D eigenvalue weighted by Crippen LogP contribution is 2.22. The van der Waals surface area contributed by atoms with Crippen LogP contribution < -0.4 is 10.1 Å². The molecule has 1 N–H and O–H groups in total. The van der Waals surface area contributed by atoms with Gasteiger partial charge in [0.05, 0.1) is 40.8 Å². The Kier molecular flexibility index (Phi) is 7.18. The number of carbonyl (C=O) groups excluding carboxylic acids is 2. The lowest BCUT2D eigenvalue weighted by atomic mass is 10.1. The van der Waals surface area contributed by atoms with E-state index in [0.717, 1.165) is 18.2 Å². The molecule has 0 radical (unpaired) electrons. The predicted molar refractivity (Wildman–Crippen MR) is 100.0 cm³/mol. The second-order valence-electron chi connectivity index (χ2n) is 5.73. The molecule has 11 nitrogen and oxygen atoms in total. The van der Waals surface area contributed by atoms with Gasteiger partial charge < -0.3 is 14.8 Å². The Morgan fingerprint density at radius 1 is 0.966 bits per heavy atom. The van der Waals surface area contributed by atoms with Crippen molar-refractivity contribution in [3.63, 3.8) is 0 Å². The summed E-state index contributed by atoms with van der Waals surface area (Å²) in [7, 11) is 1.28. The molecule has 2 aromatic carbocycles. The van der Waals surface area contributed by atoms with Crippen LogP contribution in [0.5, 0.6) is 5.75 Å². The zero-order valence-corrected chi connectivity index (χ0v) is 15.3. The number of nitro groups is 2. The van der Waals surface area contributed by atoms with Crippen LogP contribution in [0.4, 0.5) is 11.4 Å². The number of methoxy groups -OCH3 is 1. The highest BCUT2D eigenvalue weighted by Gasteiger charge is 2.19. The number of benzene rings is 2. The van der Waals surface area contributed by atoms with Gasteiger partial charge in [-0.2, -0.15) is 0 Å². The molecule has 2 aromatic rings. The van der Waals surface area contributed by atoms with Crippen LogP contribution in [0.3, 0.4) is 0 Å². The van der Waals surface area contributed by atoms with Crippen LogP contribution in [0, 0.1) is 20.2 Å². The molecule has 11 heteroatoms. The average molecular weight is 403 g/mol. The first-order chi connectivity index (χ1) is 13.8. The molecule has 0 heterocycles. The standard InChI is InChI=1S/C18H17N3O8/c1-28-18(23)12-3-5-16(6-4-12)29-8-2-7-19-17(22)13-9-14(20(24)25)11-15(10-13)21(26)27/h3-6,9-11H,2,7-8H2,1H3,(H,19,22). The van der Waals surface area contributed by atoms with E-state index in [9.17, 15) is 29.8 Å². The summed E-state index contributed by atoms with van der Waals surface area (Å²) in [6.07, 6.45) is 0.418. The number of nitrogens with zero attached hydrogens (tertiary/aromatic N) is 2. The Balaban J connectivity index is 1.85. The maximum Gasteiger partial charge on any atom is 0.337 e. The van der Waals surface area contributed by atoms with Crippen molar-refractivity contribution in [3.8, 4) is 5.75 Å². The van der Waals surface area contributed by atoms with Crippen molar-refractivity contribution in [2.45, 2.75) is 6.42 Å². The molecule has 0 fully saturated rings. The van der Waals surface area contributed by atoms with E-state index < -0.39 is 33.1 Å². The number of ether oxygens (including phenoxy) is 2. The number of rotatable bonds is 9. The molecular formula is C18H17N3O8. The fourth-order valence-electron chi connectivity index (χ4n) is 2.31. The highest BCUT2D eigenvalue weighted by molar-refractivity contribution is 5.95. The van der Waals surface area contributed by atoms with Crippen molar-refractivity contribution < 1.29 is 28.9 Å². The molecule has 152 valence electrons. The molecule has 0 atom stereocenters. The first kappa shape index (κ1) is 21.3. The lowest BCUT2D eigenvalue weighted by Gasteiger charge is -2.08. The number of non-ortho nitro benzene ring substituents is 2. The van der Waals surface area contributed by atoms with Crippen molar-refractivity contribution in [2.75, 3.05) is 20.3 Å². The van der Waals surface area contributed by atoms with E-state index in [1.165, 1.54) is 7.11 Å². The third-order valence-corrected chi connectivity index (χ3v) is 3.74. The van der Waals surface area contributed by atoms with E-state index in [4.69, 9.17) is 4.74 Å². The Morgan fingerprint density at radius 3 is 2.07 bits per heavy atom. The first-order valence-electron chi connectivity index (χ1n) is 8.35. The van der Waals surface area contributed by atoms with Gasteiger partial charge in [0.25, 0.3) is 17.3 Å². The average Bonchev–Trinajstić information content (AvgIpc) is 2.72. The Labute approximate surface area is 164 Å². The Bertz CT molecular complexity index is 895. The Hall–Kier alpha value is -4.02. The lowest BCUT2D eigenvalue weighted by Crippen LogP contribution is -2.25. The monoisotopic (exact) mass is 403 g/mol. The molecule has 0 bridgehead atoms. The second kappa shape index (κ2) is 9.78. The molecule has 0 saturated carbocycles. The number of esters is 1. The van der Waals surface area contributed by atoms with Crippen molar-refractivity contribution >= 4 is 23.3 Å². The van der Waals surface area contributed by atoms with Crippen LogP contribution in [-0.4, -0.2) is 42.0 Å². The summed E-state index contributed by atoms with van der Waals surface area (Å²) in [6, 6.07) is 9.05. The number of hydrogen-bond donors (Lipinski definition) is 1. The third kappa shape index (κ3) is 5.99. The van der Waals surface area contributed by atoms with E-state index >= 15 is 0 Å². The summed E-state index contributed by atoms with van der Waals surface area (Å²) in [5.74, 6) is -0.599. The van der Waals surface area contributed by atoms with Gasteiger partial charge >= 0.3 is 5.97 Å². The van der Waals surface area contributed by atoms with Gasteiger partial charge in [-0.25, -0.2) is 4.79 Å². The summed E-state index contributed by atoms with van der Waals surface area (Å²) in [5.41, 5.74) is -0.866. The molecule has 0 spiro atoms. The zero-order chi connectivity index (χ0) is 21.4. The van der Waals surface area contributed by atoms with E-state index in [1.54, 1.807) is 24.3 Å². The van der Waals surface area contributed by atoms with Crippen LogP contribution in [0.25, 0.3) is 0 Å². The van der Waals surface area contributed by atoms with Gasteiger partial charge in [0, 0.05) is 18.7 Å². The smallest absolute Gasteiger partial charge is 0.337 e. The number of nitrogens with one attached hydrogen (secondary N) is 1. The van der Waals surface area contributed by atoms with E-state index in [0.29, 0.717) is 17.7 Å². The first-order valence-corrected chi connectivity index (χ1v) is 8.35. The summed E-state index contributed by atoms with van der Waals surface area (Å²) in [5, 5.41) is 24.3. The van der Waals surface area contributed by atoms with Gasteiger partial charge in [-0.15, -0.1) is 0 Å². The highest BCUT2D eigenvalue weighted by atomic mass is 16.6. The fourth-order valence-corrected chi connectivity index (χ4v) is 2.31. The van der Waals surface area contributed by atoms with Gasteiger partial charge in [0.15, 0.2) is 0 Å². The molecule has 0 aliphatic rings. The molecule has 0 aromatic heterocycles. The quantitative estimate of drug-likeness (QED) is 0.290. The van der Waals surface area contributed by atoms with Gasteiger partial charge in [-0.05, 0) is 30.7 Å². The van der Waals surface area contributed by atoms with Crippen LogP contribution in [-0.2, 0) is 4.74 Å². The second-order valence-corrected chi connectivity index (χ2v) is 5.73. The van der Waals surface area contributed by atoms with Crippen LogP contribution in [0.15, 0.2) is 42.5 Å². The minimum atomic E-state index is -0.802. The maximum absolute atomic E-state index is 12.1. The topological polar surface area (TPSA) is 151 Å². The van der Waals surface area contributed by atoms with Gasteiger partial charge in [-0.1, -0.05) is 0 Å². The van der Waals surface area contributed by atoms with Gasteiger partial charge in [-0.3, -0.25) is 25.0 Å². The van der Waals surface area contributed by atoms with E-state index in [-0.39, 0.29) is 18.7 Å². The molecule has 0 aliphatic carbocycles. The predicted octanol–water partition coefficient (Wildman–Crippen LogP) is 2.49. The SMILES string of the molecule is COC(=O)c1ccc(OCCCNC(=O)c2cc([N+](=O)[O-])cc([N+](=O)[O-])c2)cc1. The van der Waals surface area contributed by atoms with Crippen molar-refractivity contribution in [3.05, 3.63) is 73.8 Å². The van der Waals surface area contributed by atoms with Gasteiger partial charge in [0.1, 0.15) is 5.75 Å². The largest absolute Gasteiger partial charge is 0.494 e. The molecule has 2 rings (SSSR count). The van der Waals surface area contributed by atoms with Crippen molar-refractivity contribution in [1.82, 2.24) is 5.32 Å². The van der Waals surface area contributed by atoms with Gasteiger partial charge in [0.2, 0.25) is 0 Å². The third-order valence-electron chi connectivity index (χ3n) is 3.74. The lowest BCUT2D eigenvalue weighted by molar-refractivity contribution is -0.394. The molecule has 0 aliphatic heterocycles. The molecule has 0 unspecified atom stereocenters. The number of carbonyl (C=O) groups is 2.